The average Bonchev–Trinajstić information content (AvgIpc) is 3.40. The molecule has 0 spiro atoms. The van der Waals surface area contributed by atoms with E-state index in [1.54, 1.807) is 35.6 Å². The molecule has 4 rings (SSSR count). The summed E-state index contributed by atoms with van der Waals surface area (Å²) in [6.07, 6.45) is 8.91. The fraction of sp³-hybridized carbons (Fsp3) is 0.500. The van der Waals surface area contributed by atoms with Crippen molar-refractivity contribution in [2.45, 2.75) is 31.8 Å². The molecule has 0 N–H and O–H groups in total. The molecule has 0 bridgehead atoms. The number of fused-ring (bicyclic) bond motifs is 1. The molecule has 4 heterocycles. The van der Waals surface area contributed by atoms with Gasteiger partial charge in [0.1, 0.15) is 6.54 Å². The first-order chi connectivity index (χ1) is 13.2. The molecule has 0 radical (unpaired) electrons. The van der Waals surface area contributed by atoms with Crippen LogP contribution in [0.1, 0.15) is 36.0 Å². The third-order valence-corrected chi connectivity index (χ3v) is 5.29. The summed E-state index contributed by atoms with van der Waals surface area (Å²) in [5.74, 6) is -0.159. The van der Waals surface area contributed by atoms with Crippen LogP contribution in [0.4, 0.5) is 0 Å². The summed E-state index contributed by atoms with van der Waals surface area (Å²) in [4.78, 5) is 38.0. The Hall–Kier alpha value is -2.54. The van der Waals surface area contributed by atoms with E-state index in [-0.39, 0.29) is 24.5 Å². The summed E-state index contributed by atoms with van der Waals surface area (Å²) in [7, 11) is 0. The second-order valence-electron chi connectivity index (χ2n) is 7.16. The zero-order chi connectivity index (χ0) is 18.6. The maximum atomic E-state index is 13.3. The van der Waals surface area contributed by atoms with E-state index >= 15 is 0 Å². The minimum Gasteiger partial charge on any atom is -0.376 e. The molecule has 0 saturated carbocycles. The van der Waals surface area contributed by atoms with E-state index in [9.17, 15) is 9.59 Å². The number of rotatable bonds is 5. The first-order valence-electron chi connectivity index (χ1n) is 9.60. The highest BCUT2D eigenvalue weighted by Gasteiger charge is 2.28. The summed E-state index contributed by atoms with van der Waals surface area (Å²) >= 11 is 0. The summed E-state index contributed by atoms with van der Waals surface area (Å²) in [5, 5.41) is 0.705. The fourth-order valence-corrected chi connectivity index (χ4v) is 3.83. The van der Waals surface area contributed by atoms with Crippen LogP contribution in [0.25, 0.3) is 10.9 Å². The lowest BCUT2D eigenvalue weighted by molar-refractivity contribution is -0.131. The van der Waals surface area contributed by atoms with Crippen LogP contribution in [-0.2, 0) is 9.53 Å². The van der Waals surface area contributed by atoms with Gasteiger partial charge in [0.2, 0.25) is 5.91 Å². The van der Waals surface area contributed by atoms with Gasteiger partial charge in [0.05, 0.1) is 17.2 Å². The Bertz CT molecular complexity index is 824. The largest absolute Gasteiger partial charge is 0.376 e. The maximum Gasteiger partial charge on any atom is 0.255 e. The minimum atomic E-state index is -0.168. The van der Waals surface area contributed by atoms with Crippen LogP contribution >= 0.6 is 0 Å². The molecule has 142 valence electrons. The number of hydrogen-bond donors (Lipinski definition) is 0. The lowest BCUT2D eigenvalue weighted by Gasteiger charge is -2.27. The Balaban J connectivity index is 1.59. The molecule has 2 aromatic heterocycles. The van der Waals surface area contributed by atoms with Crippen LogP contribution in [0.3, 0.4) is 0 Å². The molecule has 7 heteroatoms. The SMILES string of the molecule is O=C(CN(CC1CCCO1)C(=O)c1ccnc2ccncc12)N1CCCC1. The van der Waals surface area contributed by atoms with Crippen molar-refractivity contribution in [2.24, 2.45) is 0 Å². The topological polar surface area (TPSA) is 75.6 Å². The Kier molecular flexibility index (Phi) is 5.29. The number of carbonyl (C=O) groups is 2. The van der Waals surface area contributed by atoms with Crippen LogP contribution in [0.5, 0.6) is 0 Å². The lowest BCUT2D eigenvalue weighted by atomic mass is 10.1. The lowest BCUT2D eigenvalue weighted by Crippen LogP contribution is -2.45. The number of nitrogens with zero attached hydrogens (tertiary/aromatic N) is 4. The minimum absolute atomic E-state index is 0.00782. The highest BCUT2D eigenvalue weighted by Crippen LogP contribution is 2.20. The zero-order valence-electron chi connectivity index (χ0n) is 15.3. The van der Waals surface area contributed by atoms with Gasteiger partial charge in [-0.1, -0.05) is 0 Å². The Morgan fingerprint density at radius 3 is 2.81 bits per heavy atom. The van der Waals surface area contributed by atoms with Gasteiger partial charge in [-0.25, -0.2) is 0 Å². The molecule has 2 aromatic rings. The van der Waals surface area contributed by atoms with E-state index in [1.807, 2.05) is 4.90 Å². The molecular weight excluding hydrogens is 344 g/mol. The van der Waals surface area contributed by atoms with Gasteiger partial charge in [-0.3, -0.25) is 19.6 Å². The highest BCUT2D eigenvalue weighted by atomic mass is 16.5. The molecule has 27 heavy (non-hydrogen) atoms. The van der Waals surface area contributed by atoms with Crippen molar-refractivity contribution in [3.05, 3.63) is 36.3 Å². The van der Waals surface area contributed by atoms with Crippen molar-refractivity contribution < 1.29 is 14.3 Å². The number of amides is 2. The molecule has 2 aliphatic heterocycles. The predicted octanol–water partition coefficient (Wildman–Crippen LogP) is 1.87. The summed E-state index contributed by atoms with van der Waals surface area (Å²) < 4.78 is 5.72. The highest BCUT2D eigenvalue weighted by molar-refractivity contribution is 6.06. The zero-order valence-corrected chi connectivity index (χ0v) is 15.3. The van der Waals surface area contributed by atoms with Gasteiger partial charge in [0.25, 0.3) is 5.91 Å². The number of pyridine rings is 2. The van der Waals surface area contributed by atoms with E-state index in [1.165, 1.54) is 0 Å². The molecule has 2 amide bonds. The molecule has 0 aromatic carbocycles. The Morgan fingerprint density at radius 2 is 2.04 bits per heavy atom. The van der Waals surface area contributed by atoms with Gasteiger partial charge < -0.3 is 14.5 Å². The number of hydrogen-bond acceptors (Lipinski definition) is 5. The summed E-state index contributed by atoms with van der Waals surface area (Å²) in [6, 6.07) is 3.49. The molecular formula is C20H24N4O3. The summed E-state index contributed by atoms with van der Waals surface area (Å²) in [5.41, 5.74) is 1.25. The van der Waals surface area contributed by atoms with Crippen molar-refractivity contribution in [1.82, 2.24) is 19.8 Å². The van der Waals surface area contributed by atoms with Crippen molar-refractivity contribution in [3.8, 4) is 0 Å². The fourth-order valence-electron chi connectivity index (χ4n) is 3.83. The molecule has 2 aliphatic rings. The quantitative estimate of drug-likeness (QED) is 0.805. The maximum absolute atomic E-state index is 13.3. The smallest absolute Gasteiger partial charge is 0.255 e. The number of carbonyl (C=O) groups excluding carboxylic acids is 2. The van der Waals surface area contributed by atoms with E-state index in [4.69, 9.17) is 4.74 Å². The molecule has 2 fully saturated rings. The number of aromatic nitrogens is 2. The second-order valence-corrected chi connectivity index (χ2v) is 7.16. The van der Waals surface area contributed by atoms with E-state index in [0.717, 1.165) is 50.9 Å². The van der Waals surface area contributed by atoms with Crippen molar-refractivity contribution in [1.29, 1.82) is 0 Å². The van der Waals surface area contributed by atoms with Crippen LogP contribution in [0.15, 0.2) is 30.7 Å². The van der Waals surface area contributed by atoms with Gasteiger partial charge in [0, 0.05) is 50.2 Å². The first-order valence-corrected chi connectivity index (χ1v) is 9.60. The van der Waals surface area contributed by atoms with Crippen LogP contribution < -0.4 is 0 Å². The van der Waals surface area contributed by atoms with Gasteiger partial charge in [0.15, 0.2) is 0 Å². The molecule has 7 nitrogen and oxygen atoms in total. The van der Waals surface area contributed by atoms with Gasteiger partial charge in [-0.2, -0.15) is 0 Å². The molecule has 2 saturated heterocycles. The van der Waals surface area contributed by atoms with Crippen LogP contribution in [0, 0.1) is 0 Å². The van der Waals surface area contributed by atoms with Gasteiger partial charge in [-0.05, 0) is 37.8 Å². The summed E-state index contributed by atoms with van der Waals surface area (Å²) in [6.45, 7) is 2.80. The van der Waals surface area contributed by atoms with Crippen molar-refractivity contribution in [3.63, 3.8) is 0 Å². The van der Waals surface area contributed by atoms with E-state index in [2.05, 4.69) is 9.97 Å². The monoisotopic (exact) mass is 368 g/mol. The normalized spacial score (nSPS) is 19.6. The van der Waals surface area contributed by atoms with E-state index in [0.29, 0.717) is 17.5 Å². The van der Waals surface area contributed by atoms with Crippen LogP contribution in [-0.4, -0.2) is 70.5 Å². The Morgan fingerprint density at radius 1 is 1.19 bits per heavy atom. The molecule has 1 unspecified atom stereocenters. The Labute approximate surface area is 158 Å². The van der Waals surface area contributed by atoms with Crippen LogP contribution in [0.2, 0.25) is 0 Å². The van der Waals surface area contributed by atoms with Crippen molar-refractivity contribution >= 4 is 22.7 Å². The first kappa shape index (κ1) is 17.9. The predicted molar refractivity (Wildman–Crippen MR) is 100 cm³/mol. The third-order valence-electron chi connectivity index (χ3n) is 5.29. The van der Waals surface area contributed by atoms with Gasteiger partial charge >= 0.3 is 0 Å². The number of ether oxygens (including phenoxy) is 1. The third kappa shape index (κ3) is 3.93. The average molecular weight is 368 g/mol. The van der Waals surface area contributed by atoms with Gasteiger partial charge in [-0.15, -0.1) is 0 Å². The van der Waals surface area contributed by atoms with Crippen molar-refractivity contribution in [2.75, 3.05) is 32.8 Å². The number of likely N-dealkylation sites (tertiary alicyclic amines) is 1. The molecule has 1 atom stereocenters. The standard InChI is InChI=1S/C20H24N4O3/c25-19(23-9-1-2-10-23)14-24(13-15-4-3-11-27-15)20(26)16-5-8-22-18-6-7-21-12-17(16)18/h5-8,12,15H,1-4,9-11,13-14H2. The van der Waals surface area contributed by atoms with E-state index < -0.39 is 0 Å². The second kappa shape index (κ2) is 8.00. The molecule has 0 aliphatic carbocycles.